The smallest absolute Gasteiger partial charge is 0.445 e. The van der Waals surface area contributed by atoms with Crippen molar-refractivity contribution in [2.45, 2.75) is 6.61 Å². The summed E-state index contributed by atoms with van der Waals surface area (Å²) in [6.07, 6.45) is -0.534. The topological polar surface area (TPSA) is 90.8 Å². The number of amides is 1. The van der Waals surface area contributed by atoms with Crippen molar-refractivity contribution in [3.63, 3.8) is 0 Å². The fourth-order valence-electron chi connectivity index (χ4n) is 1.20. The van der Waals surface area contributed by atoms with Crippen LogP contribution in [-0.4, -0.2) is 36.3 Å². The molecule has 0 saturated carbocycles. The van der Waals surface area contributed by atoms with Crippen LogP contribution in [0.5, 0.6) is 0 Å². The van der Waals surface area contributed by atoms with Crippen LogP contribution in [0.1, 0.15) is 5.56 Å². The van der Waals surface area contributed by atoms with Gasteiger partial charge in [-0.15, -0.1) is 0 Å². The summed E-state index contributed by atoms with van der Waals surface area (Å²) in [6.45, 7) is 0.930. The van der Waals surface area contributed by atoms with Crippen LogP contribution in [-0.2, 0) is 11.3 Å². The maximum absolute atomic E-state index is 11.2. The van der Waals surface area contributed by atoms with E-state index < -0.39 is 13.2 Å². The Morgan fingerprint density at radius 3 is 2.50 bits per heavy atom. The molecular weight excluding hydrogens is 258 g/mol. The summed E-state index contributed by atoms with van der Waals surface area (Å²) < 4.78 is 4.93. The fraction of sp³-hybridized carbons (Fsp3) is 0.300. The van der Waals surface area contributed by atoms with Crippen LogP contribution in [0.2, 0.25) is 0 Å². The highest BCUT2D eigenvalue weighted by atomic mass is 35.5. The van der Waals surface area contributed by atoms with Gasteiger partial charge >= 0.3 is 13.2 Å². The summed E-state index contributed by atoms with van der Waals surface area (Å²) in [5.41, 5.74) is 1.14. The van der Waals surface area contributed by atoms with Crippen LogP contribution in [0.4, 0.5) is 4.79 Å². The van der Waals surface area contributed by atoms with E-state index in [0.29, 0.717) is 18.6 Å². The highest BCUT2D eigenvalue weighted by Crippen LogP contribution is 2.00. The monoisotopic (exact) mass is 272 g/mol. The Morgan fingerprint density at radius 2 is 1.94 bits per heavy atom. The molecule has 0 bridgehead atoms. The predicted octanol–water partition coefficient (Wildman–Crippen LogP) is -0.664. The van der Waals surface area contributed by atoms with Gasteiger partial charge in [0.1, 0.15) is 6.61 Å². The summed E-state index contributed by atoms with van der Waals surface area (Å²) in [5, 5.41) is 20.3. The quantitative estimate of drug-likeness (QED) is 0.313. The zero-order chi connectivity index (χ0) is 13.4. The fourth-order valence-corrected chi connectivity index (χ4v) is 1.29. The van der Waals surface area contributed by atoms with Crippen molar-refractivity contribution in [3.05, 3.63) is 29.8 Å². The molecule has 0 fully saturated rings. The van der Waals surface area contributed by atoms with E-state index in [2.05, 4.69) is 10.2 Å². The summed E-state index contributed by atoms with van der Waals surface area (Å²) in [4.78, 5) is 13.6. The normalized spacial score (nSPS) is 9.94. The van der Waals surface area contributed by atoms with Gasteiger partial charge in [-0.05, 0) is 22.8 Å². The molecule has 0 aliphatic rings. The van der Waals surface area contributed by atoms with Crippen molar-refractivity contribution in [2.75, 3.05) is 13.1 Å². The number of rotatable bonds is 6. The van der Waals surface area contributed by atoms with Crippen molar-refractivity contribution >= 4 is 30.5 Å². The first kappa shape index (κ1) is 14.8. The summed E-state index contributed by atoms with van der Waals surface area (Å²) >= 11 is 5.22. The lowest BCUT2D eigenvalue weighted by Gasteiger charge is -2.07. The standard InChI is InChI=1S/C10H14BClN2O4/c12-14-6-5-13-10(15)18-7-8-1-3-9(4-2-8)11(16)17/h1-4,14,16-17H,5-7H2,(H,13,15). The van der Waals surface area contributed by atoms with Gasteiger partial charge in [0, 0.05) is 13.1 Å². The van der Waals surface area contributed by atoms with Gasteiger partial charge in [-0.2, -0.15) is 0 Å². The largest absolute Gasteiger partial charge is 0.488 e. The molecule has 98 valence electrons. The first-order valence-electron chi connectivity index (χ1n) is 5.32. The van der Waals surface area contributed by atoms with Gasteiger partial charge < -0.3 is 20.1 Å². The summed E-state index contributed by atoms with van der Waals surface area (Å²) in [6, 6.07) is 6.42. The number of benzene rings is 1. The molecule has 1 rings (SSSR count). The molecule has 0 spiro atoms. The van der Waals surface area contributed by atoms with E-state index in [1.165, 1.54) is 0 Å². The molecule has 6 nitrogen and oxygen atoms in total. The summed E-state index contributed by atoms with van der Waals surface area (Å²) in [5.74, 6) is 0. The molecule has 0 saturated heterocycles. The zero-order valence-corrected chi connectivity index (χ0v) is 10.4. The number of hydrogen-bond acceptors (Lipinski definition) is 5. The predicted molar refractivity (Wildman–Crippen MR) is 68.3 cm³/mol. The third-order valence-electron chi connectivity index (χ3n) is 2.14. The molecule has 0 heterocycles. The molecule has 1 aromatic carbocycles. The number of carbonyl (C=O) groups is 1. The molecule has 0 aromatic heterocycles. The second-order valence-corrected chi connectivity index (χ2v) is 3.77. The van der Waals surface area contributed by atoms with Crippen LogP contribution in [0.15, 0.2) is 24.3 Å². The molecular formula is C10H14BClN2O4. The molecule has 8 heteroatoms. The van der Waals surface area contributed by atoms with Gasteiger partial charge in [0.15, 0.2) is 0 Å². The Morgan fingerprint density at radius 1 is 1.28 bits per heavy atom. The number of nitrogens with one attached hydrogen (secondary N) is 2. The SMILES string of the molecule is O=C(NCCNCl)OCc1ccc(B(O)O)cc1. The highest BCUT2D eigenvalue weighted by molar-refractivity contribution is 6.58. The van der Waals surface area contributed by atoms with Crippen molar-refractivity contribution < 1.29 is 19.6 Å². The second-order valence-electron chi connectivity index (χ2n) is 3.50. The van der Waals surface area contributed by atoms with E-state index >= 15 is 0 Å². The number of alkyl carbamates (subject to hydrolysis) is 1. The van der Waals surface area contributed by atoms with Gasteiger partial charge in [-0.3, -0.25) is 0 Å². The molecule has 0 aliphatic heterocycles. The Kier molecular flexibility index (Phi) is 6.52. The first-order valence-corrected chi connectivity index (χ1v) is 5.70. The van der Waals surface area contributed by atoms with E-state index in [1.807, 2.05) is 0 Å². The van der Waals surface area contributed by atoms with Crippen molar-refractivity contribution in [3.8, 4) is 0 Å². The molecule has 1 amide bonds. The van der Waals surface area contributed by atoms with Crippen molar-refractivity contribution in [2.24, 2.45) is 0 Å². The Hall–Kier alpha value is -1.28. The lowest BCUT2D eigenvalue weighted by atomic mass is 9.80. The minimum Gasteiger partial charge on any atom is -0.445 e. The van der Waals surface area contributed by atoms with E-state index in [1.54, 1.807) is 24.3 Å². The van der Waals surface area contributed by atoms with E-state index in [0.717, 1.165) is 5.56 Å². The lowest BCUT2D eigenvalue weighted by molar-refractivity contribution is 0.140. The Labute approximate surface area is 110 Å². The number of halogens is 1. The van der Waals surface area contributed by atoms with E-state index in [4.69, 9.17) is 26.6 Å². The van der Waals surface area contributed by atoms with E-state index in [-0.39, 0.29) is 6.61 Å². The number of carbonyl (C=O) groups excluding carboxylic acids is 1. The molecule has 4 N–H and O–H groups in total. The maximum atomic E-state index is 11.2. The van der Waals surface area contributed by atoms with Crippen LogP contribution < -0.4 is 15.6 Å². The second kappa shape index (κ2) is 7.94. The lowest BCUT2D eigenvalue weighted by Crippen LogP contribution is -2.30. The minimum atomic E-state index is -1.49. The third kappa shape index (κ3) is 5.37. The van der Waals surface area contributed by atoms with Gasteiger partial charge in [0.05, 0.1) is 0 Å². The molecule has 1 aromatic rings. The molecule has 0 unspecified atom stereocenters. The van der Waals surface area contributed by atoms with Gasteiger partial charge in [0.25, 0.3) is 0 Å². The number of hydrogen-bond donors (Lipinski definition) is 4. The average Bonchev–Trinajstić information content (AvgIpc) is 2.37. The van der Waals surface area contributed by atoms with Crippen molar-refractivity contribution in [1.29, 1.82) is 0 Å². The Bertz CT molecular complexity index is 375. The average molecular weight is 272 g/mol. The van der Waals surface area contributed by atoms with Gasteiger partial charge in [0.2, 0.25) is 0 Å². The van der Waals surface area contributed by atoms with E-state index in [9.17, 15) is 4.79 Å². The van der Waals surface area contributed by atoms with Crippen molar-refractivity contribution in [1.82, 2.24) is 10.2 Å². The Balaban J connectivity index is 2.32. The maximum Gasteiger partial charge on any atom is 0.488 e. The molecule has 0 aliphatic carbocycles. The third-order valence-corrected chi connectivity index (χ3v) is 2.33. The zero-order valence-electron chi connectivity index (χ0n) is 9.60. The molecule has 0 atom stereocenters. The minimum absolute atomic E-state index is 0.113. The summed E-state index contributed by atoms with van der Waals surface area (Å²) in [7, 11) is -1.49. The highest BCUT2D eigenvalue weighted by Gasteiger charge is 2.10. The first-order chi connectivity index (χ1) is 8.63. The molecule has 0 radical (unpaired) electrons. The number of ether oxygens (including phenoxy) is 1. The molecule has 18 heavy (non-hydrogen) atoms. The van der Waals surface area contributed by atoms with Gasteiger partial charge in [-0.1, -0.05) is 24.3 Å². The van der Waals surface area contributed by atoms with Crippen LogP contribution in [0, 0.1) is 0 Å². The van der Waals surface area contributed by atoms with Gasteiger partial charge in [-0.25, -0.2) is 9.63 Å². The van der Waals surface area contributed by atoms with Crippen LogP contribution in [0.3, 0.4) is 0 Å². The van der Waals surface area contributed by atoms with Crippen LogP contribution in [0.25, 0.3) is 0 Å². The van der Waals surface area contributed by atoms with Crippen LogP contribution >= 0.6 is 11.8 Å².